The molecule has 1 aromatic rings. The van der Waals surface area contributed by atoms with Crippen LogP contribution in [0.4, 0.5) is 0 Å². The zero-order valence-electron chi connectivity index (χ0n) is 9.46. The minimum absolute atomic E-state index is 0.143. The summed E-state index contributed by atoms with van der Waals surface area (Å²) in [5.74, 6) is 5.99. The Kier molecular flexibility index (Phi) is 5.59. The fraction of sp³-hybridized carbons (Fsp3) is 0.500. The van der Waals surface area contributed by atoms with E-state index in [4.69, 9.17) is 17.4 Å². The quantitative estimate of drug-likeness (QED) is 0.337. The lowest BCUT2D eigenvalue weighted by atomic mass is 10.3. The predicted molar refractivity (Wildman–Crippen MR) is 70.8 cm³/mol. The molecule has 0 aliphatic carbocycles. The molecule has 1 heterocycles. The van der Waals surface area contributed by atoms with Crippen molar-refractivity contribution in [1.29, 1.82) is 0 Å². The second-order valence-corrected chi connectivity index (χ2v) is 5.13. The summed E-state index contributed by atoms with van der Waals surface area (Å²) in [5, 5.41) is 3.20. The first-order valence-electron chi connectivity index (χ1n) is 5.20. The minimum atomic E-state index is 0.143. The lowest BCUT2D eigenvalue weighted by Crippen LogP contribution is -2.42. The molecule has 1 unspecified atom stereocenters. The van der Waals surface area contributed by atoms with Gasteiger partial charge in [-0.05, 0) is 25.5 Å². The molecule has 1 atom stereocenters. The molecule has 0 fully saturated rings. The van der Waals surface area contributed by atoms with Gasteiger partial charge in [0.25, 0.3) is 0 Å². The largest absolute Gasteiger partial charge is 0.348 e. The van der Waals surface area contributed by atoms with Crippen LogP contribution in [-0.2, 0) is 0 Å². The number of halogens is 1. The Morgan fingerprint density at radius 1 is 1.62 bits per heavy atom. The topological polar surface area (TPSA) is 62.4 Å². The number of hydrogen-bond donors (Lipinski definition) is 3. The number of thiophene rings is 1. The number of hydrogen-bond acceptors (Lipinski definition) is 3. The maximum Gasteiger partial charge on any atom is 0.206 e. The summed E-state index contributed by atoms with van der Waals surface area (Å²) in [5.41, 5.74) is 2.55. The molecule has 0 saturated heterocycles. The maximum absolute atomic E-state index is 5.88. The first-order valence-corrected chi connectivity index (χ1v) is 6.39. The summed E-state index contributed by atoms with van der Waals surface area (Å²) < 4.78 is 0.788. The molecule has 1 aromatic heterocycles. The van der Waals surface area contributed by atoms with Gasteiger partial charge in [0.15, 0.2) is 0 Å². The van der Waals surface area contributed by atoms with Crippen LogP contribution in [0, 0.1) is 0 Å². The summed E-state index contributed by atoms with van der Waals surface area (Å²) in [6, 6.07) is 4.03. The van der Waals surface area contributed by atoms with Crippen molar-refractivity contribution in [2.75, 3.05) is 6.54 Å². The Morgan fingerprint density at radius 2 is 2.38 bits per heavy atom. The second kappa shape index (κ2) is 6.73. The molecule has 0 spiro atoms. The summed E-state index contributed by atoms with van der Waals surface area (Å²) in [6.07, 6.45) is 0.992. The summed E-state index contributed by atoms with van der Waals surface area (Å²) in [7, 11) is 0. The van der Waals surface area contributed by atoms with E-state index in [0.717, 1.165) is 22.2 Å². The van der Waals surface area contributed by atoms with Crippen molar-refractivity contribution < 1.29 is 0 Å². The fourth-order valence-corrected chi connectivity index (χ4v) is 2.26. The van der Waals surface area contributed by atoms with Crippen LogP contribution in [0.15, 0.2) is 17.1 Å². The highest BCUT2D eigenvalue weighted by Gasteiger charge is 2.09. The van der Waals surface area contributed by atoms with Gasteiger partial charge >= 0.3 is 0 Å². The molecule has 0 saturated carbocycles. The Bertz CT molecular complexity index is 350. The molecule has 0 radical (unpaired) electrons. The Morgan fingerprint density at radius 3 is 2.88 bits per heavy atom. The molecular formula is C10H17ClN4S. The van der Waals surface area contributed by atoms with Crippen molar-refractivity contribution in [3.63, 3.8) is 0 Å². The highest BCUT2D eigenvalue weighted by atomic mass is 35.5. The Balaban J connectivity index is 2.58. The van der Waals surface area contributed by atoms with Gasteiger partial charge in [-0.2, -0.15) is 0 Å². The van der Waals surface area contributed by atoms with E-state index in [1.165, 1.54) is 0 Å². The minimum Gasteiger partial charge on any atom is -0.348 e. The van der Waals surface area contributed by atoms with Gasteiger partial charge in [-0.1, -0.05) is 18.5 Å². The number of hydrazine groups is 1. The fourth-order valence-electron chi connectivity index (χ4n) is 1.19. The highest BCUT2D eigenvalue weighted by molar-refractivity contribution is 7.16. The van der Waals surface area contributed by atoms with Crippen molar-refractivity contribution >= 4 is 28.9 Å². The monoisotopic (exact) mass is 260 g/mol. The SMILES string of the molecule is CCCN=C(NN)NC(C)c1ccc(Cl)s1. The number of guanidine groups is 1. The molecule has 0 aliphatic heterocycles. The van der Waals surface area contributed by atoms with Gasteiger partial charge < -0.3 is 5.32 Å². The Labute approximate surface area is 105 Å². The van der Waals surface area contributed by atoms with E-state index in [1.807, 2.05) is 19.1 Å². The smallest absolute Gasteiger partial charge is 0.206 e. The average molecular weight is 261 g/mol. The average Bonchev–Trinajstić information content (AvgIpc) is 2.70. The second-order valence-electron chi connectivity index (χ2n) is 3.38. The number of nitrogens with two attached hydrogens (primary N) is 1. The number of nitrogens with one attached hydrogen (secondary N) is 2. The van der Waals surface area contributed by atoms with E-state index in [0.29, 0.717) is 5.96 Å². The van der Waals surface area contributed by atoms with E-state index in [2.05, 4.69) is 22.7 Å². The summed E-state index contributed by atoms with van der Waals surface area (Å²) >= 11 is 7.43. The third-order valence-corrected chi connectivity index (χ3v) is 3.42. The van der Waals surface area contributed by atoms with Crippen molar-refractivity contribution in [3.05, 3.63) is 21.3 Å². The summed E-state index contributed by atoms with van der Waals surface area (Å²) in [4.78, 5) is 5.43. The molecule has 4 N–H and O–H groups in total. The molecule has 0 aliphatic rings. The third-order valence-electron chi connectivity index (χ3n) is 2.00. The first kappa shape index (κ1) is 13.3. The maximum atomic E-state index is 5.88. The molecular weight excluding hydrogens is 244 g/mol. The molecule has 16 heavy (non-hydrogen) atoms. The van der Waals surface area contributed by atoms with Gasteiger partial charge in [0.1, 0.15) is 0 Å². The Hall–Kier alpha value is -0.780. The van der Waals surface area contributed by atoms with Gasteiger partial charge in [0, 0.05) is 11.4 Å². The molecule has 4 nitrogen and oxygen atoms in total. The number of rotatable bonds is 4. The van der Waals surface area contributed by atoms with Crippen LogP contribution in [0.3, 0.4) is 0 Å². The molecule has 0 amide bonds. The van der Waals surface area contributed by atoms with E-state index < -0.39 is 0 Å². The van der Waals surface area contributed by atoms with Gasteiger partial charge in [-0.25, -0.2) is 5.84 Å². The lowest BCUT2D eigenvalue weighted by Gasteiger charge is -2.14. The predicted octanol–water partition coefficient (Wildman–Crippen LogP) is 2.28. The van der Waals surface area contributed by atoms with E-state index in [-0.39, 0.29) is 6.04 Å². The van der Waals surface area contributed by atoms with Crippen molar-refractivity contribution in [2.24, 2.45) is 10.8 Å². The van der Waals surface area contributed by atoms with Crippen LogP contribution in [0.1, 0.15) is 31.2 Å². The van der Waals surface area contributed by atoms with E-state index >= 15 is 0 Å². The highest BCUT2D eigenvalue weighted by Crippen LogP contribution is 2.26. The van der Waals surface area contributed by atoms with Crippen LogP contribution in [-0.4, -0.2) is 12.5 Å². The number of nitrogens with zero attached hydrogens (tertiary/aromatic N) is 1. The van der Waals surface area contributed by atoms with E-state index in [9.17, 15) is 0 Å². The van der Waals surface area contributed by atoms with Gasteiger partial charge in [0.05, 0.1) is 10.4 Å². The molecule has 0 bridgehead atoms. The van der Waals surface area contributed by atoms with Crippen LogP contribution < -0.4 is 16.6 Å². The molecule has 0 aromatic carbocycles. The zero-order chi connectivity index (χ0) is 12.0. The van der Waals surface area contributed by atoms with Crippen LogP contribution in [0.25, 0.3) is 0 Å². The van der Waals surface area contributed by atoms with Gasteiger partial charge in [-0.3, -0.25) is 10.4 Å². The zero-order valence-corrected chi connectivity index (χ0v) is 11.0. The normalized spacial score (nSPS) is 13.6. The first-order chi connectivity index (χ1) is 7.67. The molecule has 90 valence electrons. The van der Waals surface area contributed by atoms with Crippen molar-refractivity contribution in [1.82, 2.24) is 10.7 Å². The van der Waals surface area contributed by atoms with Crippen LogP contribution >= 0.6 is 22.9 Å². The lowest BCUT2D eigenvalue weighted by molar-refractivity contribution is 0.698. The molecule has 1 rings (SSSR count). The summed E-state index contributed by atoms with van der Waals surface area (Å²) in [6.45, 7) is 4.87. The molecule has 6 heteroatoms. The van der Waals surface area contributed by atoms with Gasteiger partial charge in [0.2, 0.25) is 5.96 Å². The standard InChI is InChI=1S/C10H17ClN4S/c1-3-6-13-10(15-12)14-7(2)8-4-5-9(11)16-8/h4-5,7H,3,6,12H2,1-2H3,(H2,13,14,15). The van der Waals surface area contributed by atoms with Gasteiger partial charge in [-0.15, -0.1) is 11.3 Å². The van der Waals surface area contributed by atoms with E-state index in [1.54, 1.807) is 11.3 Å². The van der Waals surface area contributed by atoms with Crippen molar-refractivity contribution in [3.8, 4) is 0 Å². The number of aliphatic imine (C=N–C) groups is 1. The van der Waals surface area contributed by atoms with Crippen LogP contribution in [0.5, 0.6) is 0 Å². The third kappa shape index (κ3) is 4.00. The van der Waals surface area contributed by atoms with Crippen LogP contribution in [0.2, 0.25) is 4.34 Å². The van der Waals surface area contributed by atoms with Crippen molar-refractivity contribution in [2.45, 2.75) is 26.3 Å².